The molecule has 0 N–H and O–H groups in total. The Morgan fingerprint density at radius 2 is 1.29 bits per heavy atom. The van der Waals surface area contributed by atoms with Gasteiger partial charge in [0.2, 0.25) is 0 Å². The van der Waals surface area contributed by atoms with Crippen LogP contribution in [0.2, 0.25) is 0 Å². The number of rotatable bonds is 4. The van der Waals surface area contributed by atoms with E-state index < -0.39 is 0 Å². The number of halogens is 1. The second kappa shape index (κ2) is 9.79. The van der Waals surface area contributed by atoms with Gasteiger partial charge in [-0.05, 0) is 83.6 Å². The van der Waals surface area contributed by atoms with Crippen molar-refractivity contribution in [3.05, 3.63) is 142 Å². The molecule has 0 fully saturated rings. The second-order valence-corrected chi connectivity index (χ2v) is 11.5. The number of anilines is 3. The van der Waals surface area contributed by atoms with Crippen LogP contribution in [0.3, 0.4) is 0 Å². The molecule has 0 saturated heterocycles. The van der Waals surface area contributed by atoms with Crippen LogP contribution in [0.25, 0.3) is 50.3 Å². The van der Waals surface area contributed by atoms with E-state index in [0.29, 0.717) is 0 Å². The van der Waals surface area contributed by atoms with Crippen molar-refractivity contribution in [3.8, 4) is 5.69 Å². The van der Waals surface area contributed by atoms with Crippen molar-refractivity contribution in [2.75, 3.05) is 4.90 Å². The Hall–Kier alpha value is -4.60. The maximum absolute atomic E-state index is 3.83. The smallest absolute Gasteiger partial charge is 0.0552 e. The van der Waals surface area contributed by atoms with Gasteiger partial charge in [-0.25, -0.2) is 0 Å². The molecule has 0 spiro atoms. The number of aromatic nitrogens is 1. The largest absolute Gasteiger partial charge is 0.310 e. The highest BCUT2D eigenvalue weighted by Crippen LogP contribution is 2.40. The Labute approximate surface area is 247 Å². The second-order valence-electron chi connectivity index (χ2n) is 10.6. The van der Waals surface area contributed by atoms with E-state index in [1.54, 1.807) is 0 Å². The lowest BCUT2D eigenvalue weighted by molar-refractivity contribution is 1.02. The Kier molecular flexibility index (Phi) is 5.79. The SMILES string of the molecule is Brc1cccc2c1c1c(n2-c2ccc(N(c3ccc4ccccc4c3)c3cccc4ccccc34)cc2)=CCCC=1. The lowest BCUT2D eigenvalue weighted by Gasteiger charge is -2.27. The van der Waals surface area contributed by atoms with Gasteiger partial charge >= 0.3 is 0 Å². The summed E-state index contributed by atoms with van der Waals surface area (Å²) < 4.78 is 3.55. The molecule has 196 valence electrons. The summed E-state index contributed by atoms with van der Waals surface area (Å²) in [5, 5.41) is 8.84. The van der Waals surface area contributed by atoms with Crippen molar-refractivity contribution in [2.24, 2.45) is 0 Å². The zero-order chi connectivity index (χ0) is 27.3. The molecule has 41 heavy (non-hydrogen) atoms. The van der Waals surface area contributed by atoms with Crippen molar-refractivity contribution >= 4 is 77.6 Å². The zero-order valence-corrected chi connectivity index (χ0v) is 24.1. The highest BCUT2D eigenvalue weighted by Gasteiger charge is 2.17. The predicted molar refractivity (Wildman–Crippen MR) is 178 cm³/mol. The fraction of sp³-hybridized carbons (Fsp3) is 0.0526. The molecule has 1 aliphatic carbocycles. The molecule has 6 aromatic carbocycles. The third-order valence-corrected chi connectivity index (χ3v) is 8.90. The molecular formula is C38H27BrN2. The third kappa shape index (κ3) is 4.00. The first-order valence-corrected chi connectivity index (χ1v) is 14.9. The number of nitrogens with zero attached hydrogens (tertiary/aromatic N) is 2. The summed E-state index contributed by atoms with van der Waals surface area (Å²) in [5.41, 5.74) is 5.83. The standard InChI is InChI=1S/C38H27BrN2/c39-34-15-8-18-37-38(34)33-14-5-6-16-36(33)41(37)30-23-21-29(22-24-30)40(31-20-19-26-9-1-2-11-28(26)25-31)35-17-7-12-27-10-3-4-13-32(27)35/h1-4,7-25H,5-6H2. The van der Waals surface area contributed by atoms with Crippen LogP contribution in [0, 0.1) is 0 Å². The summed E-state index contributed by atoms with van der Waals surface area (Å²) in [6, 6.07) is 46.1. The van der Waals surface area contributed by atoms with Crippen LogP contribution >= 0.6 is 15.9 Å². The molecule has 0 saturated carbocycles. The summed E-state index contributed by atoms with van der Waals surface area (Å²) in [5.74, 6) is 0. The summed E-state index contributed by atoms with van der Waals surface area (Å²) >= 11 is 3.83. The van der Waals surface area contributed by atoms with E-state index in [1.807, 2.05) is 0 Å². The summed E-state index contributed by atoms with van der Waals surface area (Å²) in [6.45, 7) is 0. The van der Waals surface area contributed by atoms with E-state index in [9.17, 15) is 0 Å². The minimum atomic E-state index is 1.07. The summed E-state index contributed by atoms with van der Waals surface area (Å²) in [7, 11) is 0. The van der Waals surface area contributed by atoms with Gasteiger partial charge in [0.05, 0.1) is 11.2 Å². The Morgan fingerprint density at radius 3 is 2.17 bits per heavy atom. The molecule has 1 aliphatic rings. The quantitative estimate of drug-likeness (QED) is 0.198. The average molecular weight is 592 g/mol. The highest BCUT2D eigenvalue weighted by molar-refractivity contribution is 9.10. The van der Waals surface area contributed by atoms with Gasteiger partial charge in [-0.1, -0.05) is 101 Å². The first-order valence-electron chi connectivity index (χ1n) is 14.1. The fourth-order valence-corrected chi connectivity index (χ4v) is 6.94. The first kappa shape index (κ1) is 24.2. The molecule has 0 unspecified atom stereocenters. The maximum Gasteiger partial charge on any atom is 0.0552 e. The molecule has 7 aromatic rings. The molecule has 2 nitrogen and oxygen atoms in total. The van der Waals surface area contributed by atoms with Crippen LogP contribution in [0.5, 0.6) is 0 Å². The lowest BCUT2D eigenvalue weighted by Crippen LogP contribution is -2.30. The monoisotopic (exact) mass is 590 g/mol. The molecule has 0 amide bonds. The van der Waals surface area contributed by atoms with E-state index in [4.69, 9.17) is 0 Å². The van der Waals surface area contributed by atoms with Crippen LogP contribution in [-0.2, 0) is 0 Å². The zero-order valence-electron chi connectivity index (χ0n) is 22.5. The molecule has 1 heterocycles. The van der Waals surface area contributed by atoms with Gasteiger partial charge in [-0.2, -0.15) is 0 Å². The fourth-order valence-electron chi connectivity index (χ4n) is 6.37. The molecule has 0 radical (unpaired) electrons. The number of hydrogen-bond donors (Lipinski definition) is 0. The minimum absolute atomic E-state index is 1.07. The van der Waals surface area contributed by atoms with Crippen LogP contribution < -0.4 is 15.5 Å². The Bertz CT molecular complexity index is 2220. The van der Waals surface area contributed by atoms with Gasteiger partial charge in [-0.15, -0.1) is 0 Å². The molecule has 3 heteroatoms. The van der Waals surface area contributed by atoms with Gasteiger partial charge in [-0.3, -0.25) is 0 Å². The van der Waals surface area contributed by atoms with Crippen LogP contribution in [0.1, 0.15) is 12.8 Å². The van der Waals surface area contributed by atoms with E-state index in [2.05, 4.69) is 165 Å². The van der Waals surface area contributed by atoms with Gasteiger partial charge in [0, 0.05) is 42.9 Å². The average Bonchev–Trinajstić information content (AvgIpc) is 3.37. The number of hydrogen-bond acceptors (Lipinski definition) is 1. The van der Waals surface area contributed by atoms with Crippen LogP contribution in [-0.4, -0.2) is 4.57 Å². The third-order valence-electron chi connectivity index (χ3n) is 8.24. The van der Waals surface area contributed by atoms with Crippen molar-refractivity contribution in [3.63, 3.8) is 0 Å². The first-order chi connectivity index (χ1) is 20.3. The normalized spacial score (nSPS) is 12.7. The van der Waals surface area contributed by atoms with E-state index in [0.717, 1.165) is 28.7 Å². The minimum Gasteiger partial charge on any atom is -0.310 e. The van der Waals surface area contributed by atoms with Crippen LogP contribution in [0.15, 0.2) is 132 Å². The van der Waals surface area contributed by atoms with Gasteiger partial charge < -0.3 is 9.47 Å². The molecule has 0 atom stereocenters. The topological polar surface area (TPSA) is 8.17 Å². The maximum atomic E-state index is 3.83. The van der Waals surface area contributed by atoms with Crippen molar-refractivity contribution in [1.29, 1.82) is 0 Å². The molecule has 1 aromatic heterocycles. The van der Waals surface area contributed by atoms with Gasteiger partial charge in [0.25, 0.3) is 0 Å². The summed E-state index contributed by atoms with van der Waals surface area (Å²) in [4.78, 5) is 2.39. The summed E-state index contributed by atoms with van der Waals surface area (Å²) in [6.07, 6.45) is 6.91. The number of benzene rings is 6. The Balaban J connectivity index is 1.33. The van der Waals surface area contributed by atoms with E-state index >= 15 is 0 Å². The molecular weight excluding hydrogens is 564 g/mol. The molecule has 8 rings (SSSR count). The molecule has 0 aliphatic heterocycles. The Morgan fingerprint density at radius 1 is 0.585 bits per heavy atom. The van der Waals surface area contributed by atoms with Gasteiger partial charge in [0.1, 0.15) is 0 Å². The van der Waals surface area contributed by atoms with Crippen molar-refractivity contribution in [2.45, 2.75) is 12.8 Å². The highest BCUT2D eigenvalue weighted by atomic mass is 79.9. The predicted octanol–water partition coefficient (Wildman–Crippen LogP) is 9.52. The van der Waals surface area contributed by atoms with Crippen molar-refractivity contribution < 1.29 is 0 Å². The van der Waals surface area contributed by atoms with E-state index in [1.165, 1.54) is 54.4 Å². The number of fused-ring (bicyclic) bond motifs is 5. The van der Waals surface area contributed by atoms with Crippen LogP contribution in [0.4, 0.5) is 17.1 Å². The van der Waals surface area contributed by atoms with Gasteiger partial charge in [0.15, 0.2) is 0 Å². The van der Waals surface area contributed by atoms with Crippen molar-refractivity contribution in [1.82, 2.24) is 4.57 Å². The van der Waals surface area contributed by atoms with E-state index in [-0.39, 0.29) is 0 Å². The molecule has 0 bridgehead atoms. The lowest BCUT2D eigenvalue weighted by atomic mass is 10.0.